The van der Waals surface area contributed by atoms with E-state index in [1.54, 1.807) is 30.0 Å². The van der Waals surface area contributed by atoms with Crippen molar-refractivity contribution in [3.63, 3.8) is 0 Å². The van der Waals surface area contributed by atoms with Crippen LogP contribution in [0.4, 0.5) is 19.6 Å². The van der Waals surface area contributed by atoms with Crippen LogP contribution in [0.3, 0.4) is 0 Å². The lowest BCUT2D eigenvalue weighted by atomic mass is 9.97. The van der Waals surface area contributed by atoms with Gasteiger partial charge in [-0.05, 0) is 30.7 Å². The van der Waals surface area contributed by atoms with E-state index in [2.05, 4.69) is 20.5 Å². The predicted octanol–water partition coefficient (Wildman–Crippen LogP) is 4.95. The van der Waals surface area contributed by atoms with Crippen molar-refractivity contribution in [2.24, 2.45) is 0 Å². The number of alkyl halides is 2. The number of pyridine rings is 1. The summed E-state index contributed by atoms with van der Waals surface area (Å²) in [5, 5.41) is 10.4. The molecule has 174 valence electrons. The normalized spacial score (nSPS) is 10.8. The van der Waals surface area contributed by atoms with Gasteiger partial charge >= 0.3 is 0 Å². The molecule has 0 aliphatic heterocycles. The van der Waals surface area contributed by atoms with Crippen molar-refractivity contribution in [1.82, 2.24) is 15.2 Å². The number of carbonyl (C=O) groups excluding carboxylic acids is 2. The fraction of sp³-hybridized carbons (Fsp3) is 0.318. The molecule has 1 aromatic carbocycles. The number of halogens is 2. The lowest BCUT2D eigenvalue weighted by Crippen LogP contribution is -2.31. The van der Waals surface area contributed by atoms with Gasteiger partial charge in [-0.25, -0.2) is 8.78 Å². The zero-order valence-electron chi connectivity index (χ0n) is 18.3. The minimum Gasteiger partial charge on any atom is -0.494 e. The van der Waals surface area contributed by atoms with Crippen LogP contribution in [-0.2, 0) is 4.79 Å². The molecule has 11 heteroatoms. The van der Waals surface area contributed by atoms with Gasteiger partial charge in [0.1, 0.15) is 17.0 Å². The molecule has 8 nitrogen and oxygen atoms in total. The summed E-state index contributed by atoms with van der Waals surface area (Å²) in [5.41, 5.74) is 2.33. The van der Waals surface area contributed by atoms with Crippen molar-refractivity contribution < 1.29 is 23.1 Å². The number of rotatable bonds is 9. The van der Waals surface area contributed by atoms with Crippen molar-refractivity contribution in [2.45, 2.75) is 33.1 Å². The Morgan fingerprint density at radius 2 is 2.00 bits per heavy atom. The molecular formula is C22H23F2N5O3S. The second kappa shape index (κ2) is 10.9. The maximum Gasteiger partial charge on any atom is 0.280 e. The number of nitrogens with zero attached hydrogens (tertiary/aromatic N) is 4. The minimum absolute atomic E-state index is 0.0937. The number of anilines is 2. The Balaban J connectivity index is 2.20. The molecule has 0 fully saturated rings. The Morgan fingerprint density at radius 1 is 1.21 bits per heavy atom. The summed E-state index contributed by atoms with van der Waals surface area (Å²) in [4.78, 5) is 31.0. The zero-order chi connectivity index (χ0) is 24.0. The highest BCUT2D eigenvalue weighted by molar-refractivity contribution is 7.13. The fourth-order valence-corrected chi connectivity index (χ4v) is 3.72. The average molecular weight is 476 g/mol. The summed E-state index contributed by atoms with van der Waals surface area (Å²) in [5.74, 6) is -0.385. The van der Waals surface area contributed by atoms with Gasteiger partial charge in [0.05, 0.1) is 13.3 Å². The van der Waals surface area contributed by atoms with E-state index < -0.39 is 18.0 Å². The van der Waals surface area contributed by atoms with Crippen LogP contribution in [0, 0.1) is 0 Å². The van der Waals surface area contributed by atoms with Crippen molar-refractivity contribution in [3.05, 3.63) is 47.2 Å². The first-order valence-corrected chi connectivity index (χ1v) is 11.1. The van der Waals surface area contributed by atoms with Crippen LogP contribution < -0.4 is 15.0 Å². The van der Waals surface area contributed by atoms with E-state index in [1.807, 2.05) is 6.92 Å². The van der Waals surface area contributed by atoms with Gasteiger partial charge in [0.25, 0.3) is 12.3 Å². The van der Waals surface area contributed by atoms with E-state index in [-0.39, 0.29) is 22.8 Å². The van der Waals surface area contributed by atoms with Gasteiger partial charge in [-0.3, -0.25) is 19.9 Å². The second-order valence-corrected chi connectivity index (χ2v) is 7.77. The van der Waals surface area contributed by atoms with Crippen LogP contribution in [0.1, 0.15) is 49.2 Å². The van der Waals surface area contributed by atoms with Crippen LogP contribution >= 0.6 is 11.3 Å². The number of carbonyl (C=O) groups is 2. The van der Waals surface area contributed by atoms with Crippen LogP contribution in [0.15, 0.2) is 36.0 Å². The van der Waals surface area contributed by atoms with Gasteiger partial charge in [-0.1, -0.05) is 25.2 Å². The number of hydrogen-bond donors (Lipinski definition) is 1. The largest absolute Gasteiger partial charge is 0.494 e. The molecule has 0 saturated carbocycles. The van der Waals surface area contributed by atoms with E-state index in [0.29, 0.717) is 35.8 Å². The Morgan fingerprint density at radius 3 is 2.61 bits per heavy atom. The third-order valence-electron chi connectivity index (χ3n) is 4.81. The minimum atomic E-state index is -2.81. The maximum atomic E-state index is 13.4. The van der Waals surface area contributed by atoms with Crippen LogP contribution in [-0.4, -0.2) is 40.7 Å². The molecule has 33 heavy (non-hydrogen) atoms. The molecule has 0 unspecified atom stereocenters. The first-order valence-electron chi connectivity index (χ1n) is 10.2. The first-order chi connectivity index (χ1) is 15.9. The smallest absolute Gasteiger partial charge is 0.280 e. The monoisotopic (exact) mass is 475 g/mol. The highest BCUT2D eigenvalue weighted by Crippen LogP contribution is 2.37. The highest BCUT2D eigenvalue weighted by atomic mass is 32.1. The molecule has 2 heterocycles. The van der Waals surface area contributed by atoms with Crippen molar-refractivity contribution >= 4 is 34.0 Å². The third-order valence-corrected chi connectivity index (χ3v) is 5.42. The zero-order valence-corrected chi connectivity index (χ0v) is 19.2. The van der Waals surface area contributed by atoms with Gasteiger partial charge in [-0.15, -0.1) is 10.2 Å². The Bertz CT molecular complexity index is 1130. The highest BCUT2D eigenvalue weighted by Gasteiger charge is 2.23. The molecule has 0 aliphatic carbocycles. The topological polar surface area (TPSA) is 97.3 Å². The molecule has 2 amide bonds. The summed E-state index contributed by atoms with van der Waals surface area (Å²) in [6.45, 7) is 4.18. The molecule has 0 radical (unpaired) electrons. The molecular weight excluding hydrogens is 452 g/mol. The van der Waals surface area contributed by atoms with Crippen LogP contribution in [0.2, 0.25) is 0 Å². The van der Waals surface area contributed by atoms with Gasteiger partial charge in [0.15, 0.2) is 0 Å². The molecule has 2 aromatic heterocycles. The Labute approximate surface area is 193 Å². The molecule has 1 N–H and O–H groups in total. The van der Waals surface area contributed by atoms with Crippen molar-refractivity contribution in [1.29, 1.82) is 0 Å². The summed E-state index contributed by atoms with van der Waals surface area (Å²) >= 11 is 1.14. The average Bonchev–Trinajstić information content (AvgIpc) is 3.34. The second-order valence-electron chi connectivity index (χ2n) is 6.94. The van der Waals surface area contributed by atoms with E-state index in [4.69, 9.17) is 4.74 Å². The number of ether oxygens (including phenoxy) is 1. The van der Waals surface area contributed by atoms with E-state index in [0.717, 1.165) is 11.3 Å². The molecule has 0 spiro atoms. The molecule has 0 bridgehead atoms. The van der Waals surface area contributed by atoms with Gasteiger partial charge in [-0.2, -0.15) is 0 Å². The van der Waals surface area contributed by atoms with Crippen molar-refractivity contribution in [2.75, 3.05) is 23.9 Å². The first kappa shape index (κ1) is 24.2. The summed E-state index contributed by atoms with van der Waals surface area (Å²) in [7, 11) is 1.39. The Kier molecular flexibility index (Phi) is 7.99. The third kappa shape index (κ3) is 5.48. The lowest BCUT2D eigenvalue weighted by Gasteiger charge is -2.24. The van der Waals surface area contributed by atoms with Gasteiger partial charge < -0.3 is 9.64 Å². The van der Waals surface area contributed by atoms with E-state index in [1.165, 1.54) is 24.9 Å². The number of methoxy groups -OCH3 is 1. The number of aromatic nitrogens is 3. The number of nitrogens with one attached hydrogen (secondary N) is 1. The van der Waals surface area contributed by atoms with Crippen LogP contribution in [0.25, 0.3) is 11.1 Å². The molecule has 0 atom stereocenters. The molecule has 3 rings (SSSR count). The molecule has 0 saturated heterocycles. The quantitative estimate of drug-likeness (QED) is 0.470. The lowest BCUT2D eigenvalue weighted by molar-refractivity contribution is -0.118. The maximum absolute atomic E-state index is 13.4. The SMILES string of the molecule is CCCN(C(=O)CC)c1ccc(C(=O)Nc2nncs2)c(-c2cc(C(F)F)ncc2OC)c1. The van der Waals surface area contributed by atoms with Gasteiger partial charge in [0.2, 0.25) is 11.0 Å². The van der Waals surface area contributed by atoms with E-state index in [9.17, 15) is 18.4 Å². The fourth-order valence-electron chi connectivity index (χ4n) is 3.28. The Hall–Kier alpha value is -3.47. The number of hydrogen-bond acceptors (Lipinski definition) is 7. The summed E-state index contributed by atoms with van der Waals surface area (Å²) in [6.07, 6.45) is -0.608. The number of amides is 2. The number of benzene rings is 1. The predicted molar refractivity (Wildman–Crippen MR) is 122 cm³/mol. The van der Waals surface area contributed by atoms with Crippen molar-refractivity contribution in [3.8, 4) is 16.9 Å². The van der Waals surface area contributed by atoms with Crippen LogP contribution in [0.5, 0.6) is 5.75 Å². The van der Waals surface area contributed by atoms with Gasteiger partial charge in [0, 0.05) is 35.3 Å². The molecule has 3 aromatic rings. The summed E-state index contributed by atoms with van der Waals surface area (Å²) in [6, 6.07) is 6.03. The standard InChI is InChI=1S/C22H23F2N5O3S/c1-4-8-29(19(30)5-2)13-6-7-14(21(31)27-22-28-26-12-33-22)15(9-13)16-10-17(20(23)24)25-11-18(16)32-3/h6-7,9-12,20H,4-5,8H2,1-3H3,(H,27,28,31). The molecule has 0 aliphatic rings. The summed E-state index contributed by atoms with van der Waals surface area (Å²) < 4.78 is 32.2. The van der Waals surface area contributed by atoms with E-state index >= 15 is 0 Å².